The lowest BCUT2D eigenvalue weighted by molar-refractivity contribution is -0.137. The molecule has 1 aromatic rings. The normalized spacial score (nSPS) is 33.1. The Bertz CT molecular complexity index is 761. The fourth-order valence-corrected chi connectivity index (χ4v) is 5.70. The minimum Gasteiger partial charge on any atom is -0.381 e. The Morgan fingerprint density at radius 3 is 2.93 bits per heavy atom. The van der Waals surface area contributed by atoms with Gasteiger partial charge < -0.3 is 15.4 Å². The maximum atomic E-state index is 13.3. The highest BCUT2D eigenvalue weighted by Crippen LogP contribution is 2.55. The molecule has 144 valence electrons. The molecule has 27 heavy (non-hydrogen) atoms. The van der Waals surface area contributed by atoms with Crippen molar-refractivity contribution < 1.29 is 14.3 Å². The Hall–Kier alpha value is -1.92. The van der Waals surface area contributed by atoms with Crippen LogP contribution >= 0.6 is 0 Å². The van der Waals surface area contributed by atoms with Crippen LogP contribution in [0.2, 0.25) is 0 Å². The second kappa shape index (κ2) is 6.60. The number of para-hydroxylation sites is 1. The molecular formula is C21H27N3O3. The molecule has 2 N–H and O–H groups in total. The molecule has 2 amide bonds. The molecule has 4 heterocycles. The van der Waals surface area contributed by atoms with Gasteiger partial charge in [-0.2, -0.15) is 0 Å². The first-order valence-corrected chi connectivity index (χ1v) is 10.2. The van der Waals surface area contributed by atoms with Crippen molar-refractivity contribution in [3.8, 4) is 0 Å². The molecule has 0 radical (unpaired) electrons. The van der Waals surface area contributed by atoms with Crippen LogP contribution in [0.1, 0.15) is 37.7 Å². The van der Waals surface area contributed by atoms with Gasteiger partial charge in [0, 0.05) is 37.1 Å². The van der Waals surface area contributed by atoms with E-state index in [0.29, 0.717) is 18.5 Å². The van der Waals surface area contributed by atoms with Gasteiger partial charge >= 0.3 is 0 Å². The van der Waals surface area contributed by atoms with Gasteiger partial charge in [0.05, 0.1) is 5.92 Å². The highest BCUT2D eigenvalue weighted by molar-refractivity contribution is 6.09. The number of benzene rings is 1. The molecule has 3 saturated heterocycles. The van der Waals surface area contributed by atoms with Crippen LogP contribution in [0.3, 0.4) is 0 Å². The lowest BCUT2D eigenvalue weighted by Crippen LogP contribution is -2.54. The topological polar surface area (TPSA) is 70.7 Å². The van der Waals surface area contributed by atoms with Crippen molar-refractivity contribution >= 4 is 17.5 Å². The van der Waals surface area contributed by atoms with Gasteiger partial charge in [0.1, 0.15) is 5.54 Å². The number of ether oxygens (including phenoxy) is 1. The van der Waals surface area contributed by atoms with Gasteiger partial charge in [-0.1, -0.05) is 18.2 Å². The summed E-state index contributed by atoms with van der Waals surface area (Å²) in [5.41, 5.74) is 1.00. The molecule has 0 aromatic heterocycles. The molecule has 4 aliphatic rings. The third kappa shape index (κ3) is 2.53. The first kappa shape index (κ1) is 17.2. The maximum absolute atomic E-state index is 13.3. The zero-order valence-electron chi connectivity index (χ0n) is 15.6. The van der Waals surface area contributed by atoms with E-state index in [2.05, 4.69) is 15.5 Å². The molecule has 6 heteroatoms. The number of anilines is 1. The average molecular weight is 369 g/mol. The SMILES string of the molecule is O=C(NCC1CCOCC1)[C@@H]1C[C@H]2CCCN2[C@]12C(=O)Nc1ccccc12. The highest BCUT2D eigenvalue weighted by Gasteiger charge is 2.65. The highest BCUT2D eigenvalue weighted by atomic mass is 16.5. The zero-order chi connectivity index (χ0) is 18.4. The number of carbonyl (C=O) groups excluding carboxylic acids is 2. The van der Waals surface area contributed by atoms with Crippen LogP contribution in [0.15, 0.2) is 24.3 Å². The molecule has 1 aromatic carbocycles. The molecule has 3 fully saturated rings. The predicted molar refractivity (Wildman–Crippen MR) is 101 cm³/mol. The Morgan fingerprint density at radius 1 is 1.26 bits per heavy atom. The number of amides is 2. The van der Waals surface area contributed by atoms with E-state index in [4.69, 9.17) is 4.74 Å². The fourth-order valence-electron chi connectivity index (χ4n) is 5.70. The van der Waals surface area contributed by atoms with Crippen LogP contribution in [-0.2, 0) is 19.9 Å². The molecule has 0 aliphatic carbocycles. The van der Waals surface area contributed by atoms with E-state index < -0.39 is 5.54 Å². The molecule has 0 saturated carbocycles. The number of nitrogens with zero attached hydrogens (tertiary/aromatic N) is 1. The lowest BCUT2D eigenvalue weighted by atomic mass is 9.78. The van der Waals surface area contributed by atoms with Crippen molar-refractivity contribution in [1.82, 2.24) is 10.2 Å². The lowest BCUT2D eigenvalue weighted by Gasteiger charge is -2.36. The quantitative estimate of drug-likeness (QED) is 0.853. The van der Waals surface area contributed by atoms with Crippen LogP contribution in [0, 0.1) is 11.8 Å². The van der Waals surface area contributed by atoms with E-state index >= 15 is 0 Å². The van der Waals surface area contributed by atoms with Crippen molar-refractivity contribution in [2.75, 3.05) is 31.6 Å². The van der Waals surface area contributed by atoms with E-state index in [9.17, 15) is 9.59 Å². The summed E-state index contributed by atoms with van der Waals surface area (Å²) in [6.07, 6.45) is 4.92. The minimum atomic E-state index is -0.836. The third-order valence-electron chi connectivity index (χ3n) is 7.00. The van der Waals surface area contributed by atoms with E-state index in [1.807, 2.05) is 24.3 Å². The number of rotatable bonds is 3. The summed E-state index contributed by atoms with van der Waals surface area (Å²) in [7, 11) is 0. The van der Waals surface area contributed by atoms with E-state index in [1.165, 1.54) is 0 Å². The fraction of sp³-hybridized carbons (Fsp3) is 0.619. The Morgan fingerprint density at radius 2 is 2.07 bits per heavy atom. The van der Waals surface area contributed by atoms with Gasteiger partial charge in [0.25, 0.3) is 0 Å². The molecule has 1 spiro atoms. The van der Waals surface area contributed by atoms with E-state index in [-0.39, 0.29) is 17.7 Å². The van der Waals surface area contributed by atoms with E-state index in [0.717, 1.165) is 63.1 Å². The van der Waals surface area contributed by atoms with Gasteiger partial charge in [0.2, 0.25) is 11.8 Å². The number of hydrogen-bond donors (Lipinski definition) is 2. The zero-order valence-corrected chi connectivity index (χ0v) is 15.6. The monoisotopic (exact) mass is 369 g/mol. The van der Waals surface area contributed by atoms with Gasteiger partial charge in [0.15, 0.2) is 0 Å². The summed E-state index contributed by atoms with van der Waals surface area (Å²) in [6.45, 7) is 3.12. The van der Waals surface area contributed by atoms with Crippen molar-refractivity contribution in [1.29, 1.82) is 0 Å². The summed E-state index contributed by atoms with van der Waals surface area (Å²) in [6, 6.07) is 8.20. The van der Waals surface area contributed by atoms with Gasteiger partial charge in [-0.05, 0) is 50.6 Å². The summed E-state index contributed by atoms with van der Waals surface area (Å²) >= 11 is 0. The van der Waals surface area contributed by atoms with Crippen LogP contribution in [0.4, 0.5) is 5.69 Å². The molecular weight excluding hydrogens is 342 g/mol. The largest absolute Gasteiger partial charge is 0.381 e. The van der Waals surface area contributed by atoms with Crippen LogP contribution in [0.5, 0.6) is 0 Å². The number of nitrogens with one attached hydrogen (secondary N) is 2. The molecule has 3 atom stereocenters. The predicted octanol–water partition coefficient (Wildman–Crippen LogP) is 1.86. The molecule has 0 bridgehead atoms. The third-order valence-corrected chi connectivity index (χ3v) is 7.00. The summed E-state index contributed by atoms with van der Waals surface area (Å²) in [5.74, 6) is 0.151. The van der Waals surface area contributed by atoms with Crippen molar-refractivity contribution in [3.05, 3.63) is 29.8 Å². The standard InChI is InChI=1S/C21H27N3O3/c25-19(22-13-14-7-10-27-11-8-14)17-12-15-4-3-9-24(15)21(17)16-5-1-2-6-18(16)23-20(21)26/h1-2,5-6,14-15,17H,3-4,7-13H2,(H,22,25)(H,23,26)/t15-,17+,21+/m1/s1. The van der Waals surface area contributed by atoms with Crippen molar-refractivity contribution in [3.63, 3.8) is 0 Å². The minimum absolute atomic E-state index is 0.0284. The van der Waals surface area contributed by atoms with Crippen molar-refractivity contribution in [2.24, 2.45) is 11.8 Å². The number of carbonyl (C=O) groups is 2. The Labute approximate surface area is 159 Å². The molecule has 5 rings (SSSR count). The van der Waals surface area contributed by atoms with Crippen LogP contribution in [-0.4, -0.2) is 49.1 Å². The maximum Gasteiger partial charge on any atom is 0.250 e. The smallest absolute Gasteiger partial charge is 0.250 e. The first-order chi connectivity index (χ1) is 13.2. The molecule has 4 aliphatic heterocycles. The average Bonchev–Trinajstić information content (AvgIpc) is 3.35. The Kier molecular flexibility index (Phi) is 4.20. The Balaban J connectivity index is 1.44. The number of hydrogen-bond acceptors (Lipinski definition) is 4. The van der Waals surface area contributed by atoms with Gasteiger partial charge in [-0.25, -0.2) is 0 Å². The van der Waals surface area contributed by atoms with Crippen LogP contribution < -0.4 is 10.6 Å². The summed E-state index contributed by atoms with van der Waals surface area (Å²) in [4.78, 5) is 28.9. The number of fused-ring (bicyclic) bond motifs is 4. The first-order valence-electron chi connectivity index (χ1n) is 10.2. The second-order valence-corrected chi connectivity index (χ2v) is 8.34. The molecule has 0 unspecified atom stereocenters. The second-order valence-electron chi connectivity index (χ2n) is 8.34. The van der Waals surface area contributed by atoms with Crippen molar-refractivity contribution in [2.45, 2.75) is 43.7 Å². The van der Waals surface area contributed by atoms with E-state index in [1.54, 1.807) is 0 Å². The molecule has 6 nitrogen and oxygen atoms in total. The van der Waals surface area contributed by atoms with Crippen LogP contribution in [0.25, 0.3) is 0 Å². The van der Waals surface area contributed by atoms with Gasteiger partial charge in [-0.3, -0.25) is 14.5 Å². The summed E-state index contributed by atoms with van der Waals surface area (Å²) < 4.78 is 5.41. The summed E-state index contributed by atoms with van der Waals surface area (Å²) in [5, 5.41) is 6.24. The van der Waals surface area contributed by atoms with Gasteiger partial charge in [-0.15, -0.1) is 0 Å².